The number of benzene rings is 1. The van der Waals surface area contributed by atoms with Gasteiger partial charge in [0.2, 0.25) is 5.78 Å². The topological polar surface area (TPSA) is 48.3 Å². The number of aromatic nitrogens is 1. The molecule has 3 aromatic rings. The molecule has 0 radical (unpaired) electrons. The number of hydrogen-bond donors (Lipinski definition) is 0. The minimum absolute atomic E-state index is 0.208. The van der Waals surface area contributed by atoms with Gasteiger partial charge in [-0.2, -0.15) is 0 Å². The molecule has 0 fully saturated rings. The maximum absolute atomic E-state index is 12.6. The summed E-state index contributed by atoms with van der Waals surface area (Å²) < 4.78 is 7.30. The monoisotopic (exact) mass is 401 g/mol. The molecule has 0 bridgehead atoms. The van der Waals surface area contributed by atoms with Crippen molar-refractivity contribution in [2.45, 2.75) is 26.8 Å². The Kier molecular flexibility index (Phi) is 6.14. The van der Waals surface area contributed by atoms with Crippen LogP contribution in [0.3, 0.4) is 0 Å². The van der Waals surface area contributed by atoms with Crippen LogP contribution >= 0.6 is 22.9 Å². The van der Waals surface area contributed by atoms with E-state index in [1.165, 1.54) is 10.9 Å². The zero-order chi connectivity index (χ0) is 19.4. The van der Waals surface area contributed by atoms with Gasteiger partial charge in [-0.1, -0.05) is 23.7 Å². The predicted octanol–water partition coefficient (Wildman–Crippen LogP) is 5.10. The predicted molar refractivity (Wildman–Crippen MR) is 108 cm³/mol. The Morgan fingerprint density at radius 2 is 1.96 bits per heavy atom. The molecule has 0 saturated heterocycles. The number of halogens is 1. The minimum Gasteiger partial charge on any atom is -0.454 e. The third-order valence-corrected chi connectivity index (χ3v) is 5.60. The first-order chi connectivity index (χ1) is 13.0. The molecule has 0 saturated carbocycles. The summed E-state index contributed by atoms with van der Waals surface area (Å²) in [6.45, 7) is 4.43. The van der Waals surface area contributed by atoms with E-state index < -0.39 is 5.97 Å². The van der Waals surface area contributed by atoms with Crippen molar-refractivity contribution in [3.8, 4) is 0 Å². The van der Waals surface area contributed by atoms with E-state index in [1.54, 1.807) is 29.5 Å². The van der Waals surface area contributed by atoms with Crippen molar-refractivity contribution in [2.75, 3.05) is 6.61 Å². The highest BCUT2D eigenvalue weighted by Gasteiger charge is 2.18. The van der Waals surface area contributed by atoms with Crippen LogP contribution in [0.4, 0.5) is 0 Å². The van der Waals surface area contributed by atoms with Crippen molar-refractivity contribution in [1.29, 1.82) is 0 Å². The summed E-state index contributed by atoms with van der Waals surface area (Å²) in [4.78, 5) is 25.9. The summed E-state index contributed by atoms with van der Waals surface area (Å²) in [7, 11) is 0. The second kappa shape index (κ2) is 8.55. The van der Waals surface area contributed by atoms with E-state index in [1.807, 2.05) is 26.0 Å². The van der Waals surface area contributed by atoms with Gasteiger partial charge in [-0.3, -0.25) is 4.79 Å². The van der Waals surface area contributed by atoms with Crippen molar-refractivity contribution < 1.29 is 14.3 Å². The van der Waals surface area contributed by atoms with Gasteiger partial charge in [0, 0.05) is 33.4 Å². The first-order valence-corrected chi connectivity index (χ1v) is 9.86. The van der Waals surface area contributed by atoms with Crippen LogP contribution in [-0.2, 0) is 17.7 Å². The van der Waals surface area contributed by atoms with Crippen LogP contribution in [0.1, 0.15) is 37.0 Å². The molecule has 0 amide bonds. The summed E-state index contributed by atoms with van der Waals surface area (Å²) in [5.41, 5.74) is 2.84. The quantitative estimate of drug-likeness (QED) is 0.408. The van der Waals surface area contributed by atoms with Crippen molar-refractivity contribution in [2.24, 2.45) is 0 Å². The standard InChI is InChI=1S/C21H20ClNO3S/c1-14-11-19(15(2)23(14)9-8-18-7-4-10-27-18)20(24)13-26-21(25)16-5-3-6-17(22)12-16/h3-7,10-12H,8-9,13H2,1-2H3. The second-order valence-electron chi connectivity index (χ2n) is 6.28. The van der Waals surface area contributed by atoms with Crippen LogP contribution < -0.4 is 0 Å². The number of ketones is 1. The third kappa shape index (κ3) is 4.67. The van der Waals surface area contributed by atoms with Crippen LogP contribution in [0.2, 0.25) is 5.02 Å². The molecule has 2 aromatic heterocycles. The van der Waals surface area contributed by atoms with Crippen molar-refractivity contribution in [1.82, 2.24) is 4.57 Å². The molecular formula is C21H20ClNO3S. The lowest BCUT2D eigenvalue weighted by molar-refractivity contribution is 0.0474. The van der Waals surface area contributed by atoms with E-state index in [9.17, 15) is 9.59 Å². The molecular weight excluding hydrogens is 382 g/mol. The Labute approximate surface area is 167 Å². The molecule has 0 atom stereocenters. The molecule has 2 heterocycles. The molecule has 6 heteroatoms. The summed E-state index contributed by atoms with van der Waals surface area (Å²) in [5, 5.41) is 2.51. The molecule has 140 valence electrons. The molecule has 0 N–H and O–H groups in total. The lowest BCUT2D eigenvalue weighted by Crippen LogP contribution is -2.15. The third-order valence-electron chi connectivity index (χ3n) is 4.43. The number of carbonyl (C=O) groups is 2. The fourth-order valence-electron chi connectivity index (χ4n) is 3.01. The molecule has 3 rings (SSSR count). The van der Waals surface area contributed by atoms with Crippen LogP contribution in [0.15, 0.2) is 47.8 Å². The van der Waals surface area contributed by atoms with E-state index in [2.05, 4.69) is 16.0 Å². The molecule has 0 aliphatic heterocycles. The number of nitrogens with zero attached hydrogens (tertiary/aromatic N) is 1. The zero-order valence-electron chi connectivity index (χ0n) is 15.2. The van der Waals surface area contributed by atoms with Crippen molar-refractivity contribution >= 4 is 34.7 Å². The molecule has 0 aliphatic rings. The maximum Gasteiger partial charge on any atom is 0.338 e. The van der Waals surface area contributed by atoms with Gasteiger partial charge in [0.05, 0.1) is 5.56 Å². The van der Waals surface area contributed by atoms with Crippen LogP contribution in [0, 0.1) is 13.8 Å². The number of carbonyl (C=O) groups excluding carboxylic acids is 2. The summed E-state index contributed by atoms with van der Waals surface area (Å²) >= 11 is 7.61. The molecule has 1 aromatic carbocycles. The van der Waals surface area contributed by atoms with E-state index in [-0.39, 0.29) is 12.4 Å². The van der Waals surface area contributed by atoms with Gasteiger partial charge in [0.1, 0.15) is 0 Å². The Morgan fingerprint density at radius 1 is 1.15 bits per heavy atom. The molecule has 0 aliphatic carbocycles. The Morgan fingerprint density at radius 3 is 2.67 bits per heavy atom. The number of Topliss-reactive ketones (excluding diaryl/α,β-unsaturated/α-hetero) is 1. The second-order valence-corrected chi connectivity index (χ2v) is 7.74. The number of esters is 1. The van der Waals surface area contributed by atoms with Gasteiger partial charge < -0.3 is 9.30 Å². The van der Waals surface area contributed by atoms with E-state index in [4.69, 9.17) is 16.3 Å². The first kappa shape index (κ1) is 19.4. The summed E-state index contributed by atoms with van der Waals surface area (Å²) in [5.74, 6) is -0.766. The Bertz CT molecular complexity index is 960. The van der Waals surface area contributed by atoms with Gasteiger partial charge in [-0.05, 0) is 56.0 Å². The minimum atomic E-state index is -0.558. The smallest absolute Gasteiger partial charge is 0.338 e. The van der Waals surface area contributed by atoms with E-state index in [0.29, 0.717) is 16.1 Å². The van der Waals surface area contributed by atoms with E-state index >= 15 is 0 Å². The average Bonchev–Trinajstić information content (AvgIpc) is 3.26. The SMILES string of the molecule is Cc1cc(C(=O)COC(=O)c2cccc(Cl)c2)c(C)n1CCc1cccs1. The number of thiophene rings is 1. The number of aryl methyl sites for hydroxylation is 2. The lowest BCUT2D eigenvalue weighted by Gasteiger charge is -2.09. The van der Waals surface area contributed by atoms with Gasteiger partial charge in [-0.25, -0.2) is 4.79 Å². The fourth-order valence-corrected chi connectivity index (χ4v) is 3.90. The van der Waals surface area contributed by atoms with Gasteiger partial charge in [-0.15, -0.1) is 11.3 Å². The first-order valence-electron chi connectivity index (χ1n) is 8.60. The van der Waals surface area contributed by atoms with Crippen LogP contribution in [0.25, 0.3) is 0 Å². The van der Waals surface area contributed by atoms with Crippen LogP contribution in [-0.4, -0.2) is 22.9 Å². The summed E-state index contributed by atoms with van der Waals surface area (Å²) in [6, 6.07) is 12.5. The summed E-state index contributed by atoms with van der Waals surface area (Å²) in [6.07, 6.45) is 0.922. The Hall–Kier alpha value is -2.37. The molecule has 0 unspecified atom stereocenters. The highest BCUT2D eigenvalue weighted by atomic mass is 35.5. The highest BCUT2D eigenvalue weighted by molar-refractivity contribution is 7.09. The normalized spacial score (nSPS) is 10.8. The van der Waals surface area contributed by atoms with Crippen molar-refractivity contribution in [3.05, 3.63) is 80.3 Å². The van der Waals surface area contributed by atoms with Gasteiger partial charge >= 0.3 is 5.97 Å². The Balaban J connectivity index is 1.64. The molecule has 27 heavy (non-hydrogen) atoms. The highest BCUT2D eigenvalue weighted by Crippen LogP contribution is 2.19. The largest absolute Gasteiger partial charge is 0.454 e. The average molecular weight is 402 g/mol. The lowest BCUT2D eigenvalue weighted by atomic mass is 10.1. The van der Waals surface area contributed by atoms with E-state index in [0.717, 1.165) is 24.4 Å². The number of ether oxygens (including phenoxy) is 1. The zero-order valence-corrected chi connectivity index (χ0v) is 16.8. The number of rotatable bonds is 7. The van der Waals surface area contributed by atoms with Crippen LogP contribution in [0.5, 0.6) is 0 Å². The molecule has 4 nitrogen and oxygen atoms in total. The number of hydrogen-bond acceptors (Lipinski definition) is 4. The van der Waals surface area contributed by atoms with Gasteiger partial charge in [0.25, 0.3) is 0 Å². The van der Waals surface area contributed by atoms with Crippen molar-refractivity contribution in [3.63, 3.8) is 0 Å². The fraction of sp³-hybridized carbons (Fsp3) is 0.238. The van der Waals surface area contributed by atoms with Gasteiger partial charge in [0.15, 0.2) is 6.61 Å². The molecule has 0 spiro atoms. The maximum atomic E-state index is 12.6.